The van der Waals surface area contributed by atoms with Crippen LogP contribution >= 0.6 is 11.6 Å². The first-order chi connectivity index (χ1) is 20.2. The van der Waals surface area contributed by atoms with E-state index in [1.54, 1.807) is 60.1 Å². The summed E-state index contributed by atoms with van der Waals surface area (Å²) in [5.41, 5.74) is -0.537. The highest BCUT2D eigenvalue weighted by atomic mass is 35.5. The van der Waals surface area contributed by atoms with Gasteiger partial charge in [0.25, 0.3) is 5.91 Å². The van der Waals surface area contributed by atoms with Crippen LogP contribution in [0.2, 0.25) is 5.02 Å². The number of ether oxygens (including phenoxy) is 1. The largest absolute Gasteiger partial charge is 0.396 e. The number of aliphatic hydroxyl groups excluding tert-OH is 1. The molecule has 8 nitrogen and oxygen atoms in total. The van der Waals surface area contributed by atoms with Crippen LogP contribution in [0.15, 0.2) is 73.2 Å². The molecule has 10 heteroatoms. The monoisotopic (exact) mass is 584 g/mol. The standard InChI is InChI=1S/C32H26ClFN4O4/c1-37-16-27(36-19-37)29(40)22-12-25-28(26(34)13-22)32(23-6-8-24(33)9-7-23,42-18-31(17-39)10-11-31)38(30(25)41)15-21-4-2-20(14-35)3-5-21/h2-9,12-13,16,19,39H,10-11,15,17-18H2,1H3. The third kappa shape index (κ3) is 4.68. The zero-order chi connectivity index (χ0) is 29.6. The van der Waals surface area contributed by atoms with Crippen molar-refractivity contribution in [1.29, 1.82) is 5.26 Å². The van der Waals surface area contributed by atoms with Crippen molar-refractivity contribution in [3.63, 3.8) is 0 Å². The number of amides is 1. The predicted octanol–water partition coefficient (Wildman–Crippen LogP) is 4.96. The molecular weight excluding hydrogens is 559 g/mol. The van der Waals surface area contributed by atoms with Crippen LogP contribution in [0, 0.1) is 22.6 Å². The summed E-state index contributed by atoms with van der Waals surface area (Å²) >= 11 is 6.22. The Morgan fingerprint density at radius 3 is 2.48 bits per heavy atom. The first-order valence-corrected chi connectivity index (χ1v) is 13.8. The Balaban J connectivity index is 1.54. The van der Waals surface area contributed by atoms with E-state index >= 15 is 4.39 Å². The lowest BCUT2D eigenvalue weighted by Crippen LogP contribution is -2.48. The number of benzene rings is 3. The highest BCUT2D eigenvalue weighted by molar-refractivity contribution is 6.30. The molecule has 6 rings (SSSR count). The minimum Gasteiger partial charge on any atom is -0.396 e. The summed E-state index contributed by atoms with van der Waals surface area (Å²) in [6, 6.07) is 18.0. The first kappa shape index (κ1) is 27.8. The number of halogens is 2. The maximum atomic E-state index is 16.4. The topological polar surface area (TPSA) is 108 Å². The minimum atomic E-state index is -1.73. The molecule has 1 atom stereocenters. The molecule has 1 aliphatic heterocycles. The van der Waals surface area contributed by atoms with Crippen molar-refractivity contribution in [1.82, 2.24) is 14.5 Å². The average molecular weight is 585 g/mol. The van der Waals surface area contributed by atoms with Gasteiger partial charge in [-0.3, -0.25) is 14.5 Å². The second-order valence-electron chi connectivity index (χ2n) is 10.9. The van der Waals surface area contributed by atoms with E-state index in [1.807, 2.05) is 0 Å². The third-order valence-electron chi connectivity index (χ3n) is 8.02. The Morgan fingerprint density at radius 2 is 1.88 bits per heavy atom. The lowest BCUT2D eigenvalue weighted by Gasteiger charge is -2.40. The van der Waals surface area contributed by atoms with Gasteiger partial charge in [-0.05, 0) is 54.8 Å². The van der Waals surface area contributed by atoms with Gasteiger partial charge in [-0.1, -0.05) is 35.9 Å². The van der Waals surface area contributed by atoms with E-state index in [2.05, 4.69) is 11.1 Å². The molecule has 1 amide bonds. The van der Waals surface area contributed by atoms with Crippen LogP contribution in [0.1, 0.15) is 61.5 Å². The molecule has 1 aromatic heterocycles. The Bertz CT molecular complexity index is 1740. The number of nitriles is 1. The van der Waals surface area contributed by atoms with Crippen LogP contribution in [-0.2, 0) is 24.1 Å². The SMILES string of the molecule is Cn1cnc(C(=O)c2cc(F)c3c(c2)C(=O)N(Cc2ccc(C#N)cc2)C3(OCC2(CO)CC2)c2ccc(Cl)cc2)c1. The van der Waals surface area contributed by atoms with Crippen molar-refractivity contribution >= 4 is 23.3 Å². The Kier molecular flexibility index (Phi) is 6.93. The van der Waals surface area contributed by atoms with Gasteiger partial charge in [0.1, 0.15) is 11.5 Å². The smallest absolute Gasteiger partial charge is 0.257 e. The van der Waals surface area contributed by atoms with E-state index in [4.69, 9.17) is 16.3 Å². The Labute approximate surface area is 246 Å². The molecule has 1 saturated carbocycles. The van der Waals surface area contributed by atoms with Crippen LogP contribution in [0.5, 0.6) is 0 Å². The van der Waals surface area contributed by atoms with E-state index in [9.17, 15) is 20.0 Å². The molecule has 0 spiro atoms. The van der Waals surface area contributed by atoms with Crippen molar-refractivity contribution in [2.24, 2.45) is 12.5 Å². The number of carbonyl (C=O) groups is 2. The molecular formula is C32H26ClFN4O4. The number of rotatable bonds is 9. The molecule has 212 valence electrons. The van der Waals surface area contributed by atoms with Crippen molar-refractivity contribution in [3.05, 3.63) is 123 Å². The molecule has 2 heterocycles. The van der Waals surface area contributed by atoms with Crippen LogP contribution in [0.25, 0.3) is 0 Å². The van der Waals surface area contributed by atoms with E-state index in [1.165, 1.54) is 23.5 Å². The van der Waals surface area contributed by atoms with Gasteiger partial charge < -0.3 is 14.4 Å². The highest BCUT2D eigenvalue weighted by Gasteiger charge is 2.56. The molecule has 1 fully saturated rings. The van der Waals surface area contributed by atoms with Crippen molar-refractivity contribution < 1.29 is 23.8 Å². The summed E-state index contributed by atoms with van der Waals surface area (Å²) in [6.45, 7) is -0.0339. The van der Waals surface area contributed by atoms with E-state index in [0.29, 0.717) is 21.7 Å². The van der Waals surface area contributed by atoms with Crippen LogP contribution in [0.4, 0.5) is 4.39 Å². The number of hydrogen-bond donors (Lipinski definition) is 1. The molecule has 1 aliphatic carbocycles. The number of fused-ring (bicyclic) bond motifs is 1. The average Bonchev–Trinajstić information content (AvgIpc) is 3.59. The van der Waals surface area contributed by atoms with Crippen LogP contribution in [-0.4, -0.2) is 44.5 Å². The lowest BCUT2D eigenvalue weighted by molar-refractivity contribution is -0.130. The zero-order valence-corrected chi connectivity index (χ0v) is 23.4. The fourth-order valence-corrected chi connectivity index (χ4v) is 5.52. The third-order valence-corrected chi connectivity index (χ3v) is 8.28. The molecule has 1 N–H and O–H groups in total. The predicted molar refractivity (Wildman–Crippen MR) is 151 cm³/mol. The maximum Gasteiger partial charge on any atom is 0.257 e. The normalized spacial score (nSPS) is 18.5. The van der Waals surface area contributed by atoms with Gasteiger partial charge in [0.05, 0.1) is 42.3 Å². The lowest BCUT2D eigenvalue weighted by atomic mass is 9.90. The van der Waals surface area contributed by atoms with Gasteiger partial charge in [-0.2, -0.15) is 5.26 Å². The van der Waals surface area contributed by atoms with E-state index in [-0.39, 0.29) is 42.1 Å². The summed E-state index contributed by atoms with van der Waals surface area (Å²) in [7, 11) is 1.72. The van der Waals surface area contributed by atoms with Gasteiger partial charge in [0.15, 0.2) is 5.72 Å². The summed E-state index contributed by atoms with van der Waals surface area (Å²) in [5, 5.41) is 19.8. The fourth-order valence-electron chi connectivity index (χ4n) is 5.39. The number of nitrogens with zero attached hydrogens (tertiary/aromatic N) is 4. The quantitative estimate of drug-likeness (QED) is 0.279. The summed E-state index contributed by atoms with van der Waals surface area (Å²) in [6.07, 6.45) is 4.46. The maximum absolute atomic E-state index is 16.4. The molecule has 2 aliphatic rings. The van der Waals surface area contributed by atoms with Gasteiger partial charge >= 0.3 is 0 Å². The Morgan fingerprint density at radius 1 is 1.17 bits per heavy atom. The molecule has 4 aromatic rings. The summed E-state index contributed by atoms with van der Waals surface area (Å²) in [5.74, 6) is -1.84. The number of carbonyl (C=O) groups excluding carboxylic acids is 2. The summed E-state index contributed by atoms with van der Waals surface area (Å²) < 4.78 is 24.7. The van der Waals surface area contributed by atoms with Crippen molar-refractivity contribution in [2.75, 3.05) is 13.2 Å². The molecule has 0 bridgehead atoms. The zero-order valence-electron chi connectivity index (χ0n) is 22.7. The molecule has 3 aromatic carbocycles. The number of imidazole rings is 1. The number of hydrogen-bond acceptors (Lipinski definition) is 6. The number of aromatic nitrogens is 2. The second kappa shape index (κ2) is 10.5. The molecule has 42 heavy (non-hydrogen) atoms. The van der Waals surface area contributed by atoms with Gasteiger partial charge in [-0.15, -0.1) is 0 Å². The van der Waals surface area contributed by atoms with Crippen molar-refractivity contribution in [2.45, 2.75) is 25.1 Å². The van der Waals surface area contributed by atoms with E-state index < -0.39 is 28.6 Å². The molecule has 1 unspecified atom stereocenters. The van der Waals surface area contributed by atoms with Gasteiger partial charge in [0.2, 0.25) is 5.78 Å². The van der Waals surface area contributed by atoms with Gasteiger partial charge in [-0.25, -0.2) is 9.37 Å². The number of aryl methyl sites for hydroxylation is 1. The fraction of sp³-hybridized carbons (Fsp3) is 0.250. The summed E-state index contributed by atoms with van der Waals surface area (Å²) in [4.78, 5) is 33.1. The van der Waals surface area contributed by atoms with Gasteiger partial charge in [0, 0.05) is 41.4 Å². The van der Waals surface area contributed by atoms with Crippen LogP contribution < -0.4 is 0 Å². The minimum absolute atomic E-state index is 0.00767. The molecule has 0 radical (unpaired) electrons. The first-order valence-electron chi connectivity index (χ1n) is 13.4. The number of aliphatic hydroxyl groups is 1. The van der Waals surface area contributed by atoms with E-state index in [0.717, 1.165) is 18.9 Å². The molecule has 0 saturated heterocycles. The second-order valence-corrected chi connectivity index (χ2v) is 11.4. The highest BCUT2D eigenvalue weighted by Crippen LogP contribution is 2.52. The number of ketones is 1. The van der Waals surface area contributed by atoms with Crippen LogP contribution in [0.3, 0.4) is 0 Å². The van der Waals surface area contributed by atoms with Crippen molar-refractivity contribution in [3.8, 4) is 6.07 Å². The Hall–Kier alpha value is -4.36.